The summed E-state index contributed by atoms with van der Waals surface area (Å²) in [7, 11) is 2.67. The number of hydrogen-bond acceptors (Lipinski definition) is 12. The summed E-state index contributed by atoms with van der Waals surface area (Å²) in [5.41, 5.74) is 5.29. The van der Waals surface area contributed by atoms with Gasteiger partial charge in [0.05, 0.1) is 48.9 Å². The molecule has 9 rings (SSSR count). The quantitative estimate of drug-likeness (QED) is 0.0904. The van der Waals surface area contributed by atoms with Gasteiger partial charge in [-0.25, -0.2) is 14.8 Å². The Morgan fingerprint density at radius 1 is 0.815 bits per heavy atom. The van der Waals surface area contributed by atoms with E-state index in [0.717, 1.165) is 40.8 Å². The highest BCUT2D eigenvalue weighted by atomic mass is 16.6. The van der Waals surface area contributed by atoms with Gasteiger partial charge in [-0.05, 0) is 85.8 Å². The average molecular weight is 886 g/mol. The number of aromatic nitrogens is 4. The molecule has 1 aliphatic carbocycles. The number of alkyl carbamates (subject to hydrolysis) is 1. The molecular weight excluding hydrogens is 831 g/mol. The highest BCUT2D eigenvalue weighted by Crippen LogP contribution is 2.54. The van der Waals surface area contributed by atoms with Gasteiger partial charge in [-0.2, -0.15) is 5.26 Å². The normalized spacial score (nSPS) is 24.7. The first-order valence-electron chi connectivity index (χ1n) is 22.5. The number of ether oxygens (including phenoxy) is 4. The first-order chi connectivity index (χ1) is 31.7. The van der Waals surface area contributed by atoms with Gasteiger partial charge in [0.1, 0.15) is 23.8 Å². The molecule has 2 aromatic carbocycles. The van der Waals surface area contributed by atoms with Crippen LogP contribution in [0.3, 0.4) is 0 Å². The summed E-state index contributed by atoms with van der Waals surface area (Å²) in [5.74, 6) is 3.85. The molecule has 0 spiro atoms. The van der Waals surface area contributed by atoms with Crippen LogP contribution in [-0.2, 0) is 28.5 Å². The number of terminal acetylenes is 1. The number of piperidine rings is 1. The third kappa shape index (κ3) is 8.99. The Bertz CT molecular complexity index is 2430. The smallest absolute Gasteiger partial charge is 0.407 e. The van der Waals surface area contributed by atoms with Gasteiger partial charge in [0.2, 0.25) is 18.2 Å². The molecule has 340 valence electrons. The predicted octanol–water partition coefficient (Wildman–Crippen LogP) is 4.79. The molecule has 4 saturated heterocycles. The maximum absolute atomic E-state index is 14.3. The summed E-state index contributed by atoms with van der Waals surface area (Å²) in [6.45, 7) is 2.12. The molecule has 17 nitrogen and oxygen atoms in total. The Labute approximate surface area is 377 Å². The number of aromatic amines is 2. The van der Waals surface area contributed by atoms with Gasteiger partial charge in [0.15, 0.2) is 5.69 Å². The van der Waals surface area contributed by atoms with E-state index in [1.54, 1.807) is 11.1 Å². The lowest BCUT2D eigenvalue weighted by atomic mass is 9.90. The molecule has 3 amide bonds. The molecule has 0 bridgehead atoms. The summed E-state index contributed by atoms with van der Waals surface area (Å²) in [5, 5.41) is 26.4. The molecule has 2 aromatic heterocycles. The summed E-state index contributed by atoms with van der Waals surface area (Å²) in [6, 6.07) is 15.7. The summed E-state index contributed by atoms with van der Waals surface area (Å²) in [6.07, 6.45) is 11.3. The lowest BCUT2D eigenvalue weighted by Crippen LogP contribution is -2.56. The number of H-pyrrole nitrogens is 2. The fourth-order valence-corrected chi connectivity index (χ4v) is 10.3. The molecule has 5 N–H and O–H groups in total. The second kappa shape index (κ2) is 19.2. The van der Waals surface area contributed by atoms with E-state index in [4.69, 9.17) is 35.3 Å². The number of aliphatic hydroxyl groups is 1. The first-order valence-corrected chi connectivity index (χ1v) is 22.5. The van der Waals surface area contributed by atoms with Crippen LogP contribution in [0.4, 0.5) is 4.79 Å². The molecule has 8 atom stereocenters. The lowest BCUT2D eigenvalue weighted by molar-refractivity contribution is -0.148. The van der Waals surface area contributed by atoms with E-state index in [-0.39, 0.29) is 47.5 Å². The van der Waals surface area contributed by atoms with E-state index >= 15 is 0 Å². The number of rotatable bonds is 13. The number of nitrogens with zero attached hydrogens (tertiary/aromatic N) is 5. The topological polar surface area (TPSA) is 220 Å². The fourth-order valence-electron chi connectivity index (χ4n) is 10.3. The number of carbonyl (C=O) groups is 3. The van der Waals surface area contributed by atoms with Gasteiger partial charge < -0.3 is 49.1 Å². The second-order valence-corrected chi connectivity index (χ2v) is 17.6. The summed E-state index contributed by atoms with van der Waals surface area (Å²) >= 11 is 0. The monoisotopic (exact) mass is 885 g/mol. The van der Waals surface area contributed by atoms with Crippen molar-refractivity contribution in [3.8, 4) is 52.1 Å². The van der Waals surface area contributed by atoms with Crippen LogP contribution in [0, 0.1) is 41.4 Å². The number of imidazole rings is 2. The lowest BCUT2D eigenvalue weighted by Gasteiger charge is -2.36. The molecule has 5 aliphatic rings. The van der Waals surface area contributed by atoms with E-state index in [0.29, 0.717) is 88.2 Å². The Hall–Kier alpha value is -6.08. The Kier molecular flexibility index (Phi) is 13.0. The van der Waals surface area contributed by atoms with Gasteiger partial charge in [0, 0.05) is 45.1 Å². The Balaban J connectivity index is 0.893. The van der Waals surface area contributed by atoms with Crippen molar-refractivity contribution in [3.63, 3.8) is 0 Å². The molecule has 0 radical (unpaired) electrons. The molecule has 6 heterocycles. The second-order valence-electron chi connectivity index (χ2n) is 17.6. The van der Waals surface area contributed by atoms with Crippen LogP contribution in [0.15, 0.2) is 54.7 Å². The maximum atomic E-state index is 14.3. The van der Waals surface area contributed by atoms with Crippen LogP contribution >= 0.6 is 0 Å². The number of benzene rings is 2. The highest BCUT2D eigenvalue weighted by molar-refractivity contribution is 5.87. The molecule has 1 saturated carbocycles. The summed E-state index contributed by atoms with van der Waals surface area (Å²) in [4.78, 5) is 61.0. The predicted molar refractivity (Wildman–Crippen MR) is 236 cm³/mol. The van der Waals surface area contributed by atoms with Gasteiger partial charge >= 0.3 is 6.09 Å². The Morgan fingerprint density at radius 3 is 2.05 bits per heavy atom. The maximum Gasteiger partial charge on any atom is 0.407 e. The molecular formula is C48H55N9O8. The van der Waals surface area contributed by atoms with Crippen molar-refractivity contribution >= 4 is 17.9 Å². The van der Waals surface area contributed by atoms with Gasteiger partial charge in [-0.15, -0.1) is 6.42 Å². The highest BCUT2D eigenvalue weighted by Gasteiger charge is 2.57. The molecule has 4 aliphatic heterocycles. The summed E-state index contributed by atoms with van der Waals surface area (Å²) < 4.78 is 21.1. The zero-order chi connectivity index (χ0) is 45.2. The Morgan fingerprint density at radius 2 is 1.43 bits per heavy atom. The number of amides is 3. The fraction of sp³-hybridized carbons (Fsp3) is 0.500. The average Bonchev–Trinajstić information content (AvgIpc) is 3.82. The van der Waals surface area contributed by atoms with E-state index in [2.05, 4.69) is 32.6 Å². The van der Waals surface area contributed by atoms with Gasteiger partial charge in [-0.1, -0.05) is 54.5 Å². The van der Waals surface area contributed by atoms with E-state index in [1.165, 1.54) is 14.2 Å². The number of carbonyl (C=O) groups excluding carboxylic acids is 3. The van der Waals surface area contributed by atoms with E-state index < -0.39 is 30.6 Å². The van der Waals surface area contributed by atoms with Crippen molar-refractivity contribution in [3.05, 3.63) is 72.1 Å². The minimum atomic E-state index is -1.31. The third-order valence-corrected chi connectivity index (χ3v) is 14.0. The van der Waals surface area contributed by atoms with Crippen LogP contribution in [0.2, 0.25) is 0 Å². The molecule has 65 heavy (non-hydrogen) atoms. The van der Waals surface area contributed by atoms with Crippen molar-refractivity contribution < 1.29 is 38.4 Å². The largest absolute Gasteiger partial charge is 0.453 e. The first kappa shape index (κ1) is 44.1. The molecule has 4 unspecified atom stereocenters. The van der Waals surface area contributed by atoms with E-state index in [1.807, 2.05) is 53.4 Å². The zero-order valence-electron chi connectivity index (χ0n) is 36.6. The van der Waals surface area contributed by atoms with Crippen molar-refractivity contribution in [2.24, 2.45) is 17.8 Å². The minimum absolute atomic E-state index is 0.0606. The van der Waals surface area contributed by atoms with Crippen LogP contribution in [0.1, 0.15) is 80.8 Å². The van der Waals surface area contributed by atoms with Gasteiger partial charge in [-0.3, -0.25) is 14.9 Å². The van der Waals surface area contributed by atoms with Crippen molar-refractivity contribution in [1.29, 1.82) is 5.26 Å². The van der Waals surface area contributed by atoms with Crippen molar-refractivity contribution in [1.82, 2.24) is 40.4 Å². The van der Waals surface area contributed by atoms with E-state index in [9.17, 15) is 24.8 Å². The van der Waals surface area contributed by atoms with Crippen LogP contribution in [0.5, 0.6) is 0 Å². The number of methoxy groups -OCH3 is 2. The number of hydrogen-bond donors (Lipinski definition) is 5. The van der Waals surface area contributed by atoms with Crippen LogP contribution in [-0.4, -0.2) is 124 Å². The minimum Gasteiger partial charge on any atom is -0.453 e. The zero-order valence-corrected chi connectivity index (χ0v) is 36.6. The number of likely N-dealkylation sites (tertiary alicyclic amines) is 2. The number of fused-ring (bicyclic) bond motifs is 1. The number of nitrogens with one attached hydrogen (secondary N) is 4. The SMILES string of the molecule is C#CC1CC[C@@H](c2ncc(-c3ccc(-c4ccc(-c5[nH]c([C@@H]6CC7CC7N6C(=O)[C@@H](NC(=O)OC)C6CCOCC6)nc5C#N)cc4)cc3)[nH]2)N1C(=O)[C@@H](NC(O)OC)C1CCOCC1. The van der Waals surface area contributed by atoms with Crippen LogP contribution in [0.25, 0.3) is 33.6 Å². The van der Waals surface area contributed by atoms with Gasteiger partial charge in [0.25, 0.3) is 0 Å². The number of nitriles is 1. The van der Waals surface area contributed by atoms with Crippen molar-refractivity contribution in [2.75, 3.05) is 40.6 Å². The standard InChI is InChI=1S/C48H55N9O8/c1-4-34-13-14-37(56(34)45(58)41(54-47(60)62-2)31-15-19-64-20-16-31)43-50-26-36(52-43)29-9-5-27(6-10-29)28-7-11-30(12-8-28)40-35(25-49)51-44(53-40)39-24-33-23-38(33)57(39)46(59)42(55-48(61)63-3)32-17-21-65-22-18-32/h1,5-12,26,31-34,37-39,41-42,47,54,60H,13-24H2,2-3H3,(H,50,52)(H,51,53)(H,55,61)/t33?,34?,37-,38?,39-,41-,42-,47?/m0/s1. The molecule has 5 fully saturated rings. The molecule has 4 aromatic rings. The third-order valence-electron chi connectivity index (χ3n) is 14.0. The van der Waals surface area contributed by atoms with Crippen LogP contribution < -0.4 is 10.6 Å². The molecule has 17 heteroatoms. The van der Waals surface area contributed by atoms with Crippen molar-refractivity contribution in [2.45, 2.75) is 94.0 Å². The number of aliphatic hydroxyl groups excluding tert-OH is 1.